The molecule has 0 radical (unpaired) electrons. The van der Waals surface area contributed by atoms with Crippen molar-refractivity contribution in [1.29, 1.82) is 0 Å². The van der Waals surface area contributed by atoms with Crippen molar-refractivity contribution in [1.82, 2.24) is 19.9 Å². The van der Waals surface area contributed by atoms with Crippen LogP contribution in [0.5, 0.6) is 0 Å². The third-order valence-corrected chi connectivity index (χ3v) is 4.52. The van der Waals surface area contributed by atoms with Gasteiger partial charge < -0.3 is 10.2 Å². The Labute approximate surface area is 167 Å². The third-order valence-electron chi connectivity index (χ3n) is 4.52. The van der Waals surface area contributed by atoms with Crippen LogP contribution in [-0.2, 0) is 0 Å². The van der Waals surface area contributed by atoms with Crippen molar-refractivity contribution in [3.05, 3.63) is 82.9 Å². The molecule has 0 aliphatic carbocycles. The summed E-state index contributed by atoms with van der Waals surface area (Å²) in [6.07, 6.45) is 1.60. The zero-order chi connectivity index (χ0) is 20.4. The number of amides is 1. The molecule has 2 N–H and O–H groups in total. The van der Waals surface area contributed by atoms with Crippen molar-refractivity contribution < 1.29 is 4.79 Å². The average molecular weight is 385 g/mol. The Bertz CT molecular complexity index is 1230. The highest BCUT2D eigenvalue weighted by Crippen LogP contribution is 2.25. The van der Waals surface area contributed by atoms with Gasteiger partial charge in [0.1, 0.15) is 5.82 Å². The highest BCUT2D eigenvalue weighted by molar-refractivity contribution is 5.94. The normalized spacial score (nSPS) is 10.7. The molecule has 0 aliphatic rings. The van der Waals surface area contributed by atoms with Gasteiger partial charge in [-0.05, 0) is 47.5 Å². The van der Waals surface area contributed by atoms with Crippen LogP contribution in [0.3, 0.4) is 0 Å². The van der Waals surface area contributed by atoms with Crippen LogP contribution in [-0.4, -0.2) is 39.9 Å². The molecular formula is C22H19N5O2. The van der Waals surface area contributed by atoms with Crippen LogP contribution in [0.4, 0.5) is 11.5 Å². The van der Waals surface area contributed by atoms with Crippen molar-refractivity contribution in [2.45, 2.75) is 0 Å². The van der Waals surface area contributed by atoms with Gasteiger partial charge in [-0.15, -0.1) is 0 Å². The topological polar surface area (TPSA) is 91.0 Å². The van der Waals surface area contributed by atoms with Gasteiger partial charge in [0.15, 0.2) is 5.65 Å². The van der Waals surface area contributed by atoms with Crippen molar-refractivity contribution in [3.8, 4) is 11.1 Å². The summed E-state index contributed by atoms with van der Waals surface area (Å²) in [5.74, 6) is 0.525. The Hall–Kier alpha value is -4.00. The average Bonchev–Trinajstić information content (AvgIpc) is 2.74. The molecule has 0 saturated carbocycles. The summed E-state index contributed by atoms with van der Waals surface area (Å²) in [5.41, 5.74) is 3.44. The Morgan fingerprint density at radius 1 is 0.966 bits per heavy atom. The first-order valence-corrected chi connectivity index (χ1v) is 9.05. The first-order valence-electron chi connectivity index (χ1n) is 9.05. The first kappa shape index (κ1) is 18.4. The Balaban J connectivity index is 1.58. The number of aromatic amines is 1. The Morgan fingerprint density at radius 2 is 1.62 bits per heavy atom. The van der Waals surface area contributed by atoms with E-state index < -0.39 is 5.69 Å². The molecule has 0 aliphatic heterocycles. The van der Waals surface area contributed by atoms with Crippen molar-refractivity contribution in [2.24, 2.45) is 0 Å². The first-order chi connectivity index (χ1) is 14.0. The molecule has 2 aromatic heterocycles. The molecule has 29 heavy (non-hydrogen) atoms. The Morgan fingerprint density at radius 3 is 2.28 bits per heavy atom. The minimum atomic E-state index is -0.456. The molecule has 4 rings (SSSR count). The van der Waals surface area contributed by atoms with E-state index in [4.69, 9.17) is 0 Å². The number of nitrogens with one attached hydrogen (secondary N) is 2. The molecule has 2 aromatic carbocycles. The SMILES string of the molecule is CN(C)C(=O)c1ccc(-c2ccc(Nc3[nH]c(=O)nc4ncccc34)cc2)cc1. The van der Waals surface area contributed by atoms with Gasteiger partial charge in [-0.2, -0.15) is 4.98 Å². The predicted octanol–water partition coefficient (Wildman–Crippen LogP) is 3.43. The molecule has 7 heteroatoms. The smallest absolute Gasteiger partial charge is 0.345 e. The van der Waals surface area contributed by atoms with Gasteiger partial charge >= 0.3 is 5.69 Å². The molecule has 1 amide bonds. The van der Waals surface area contributed by atoms with Crippen molar-refractivity contribution in [3.63, 3.8) is 0 Å². The van der Waals surface area contributed by atoms with Crippen LogP contribution in [0.15, 0.2) is 71.7 Å². The summed E-state index contributed by atoms with van der Waals surface area (Å²) in [6, 6.07) is 19.0. The number of rotatable bonds is 4. The molecular weight excluding hydrogens is 366 g/mol. The standard InChI is InChI=1S/C22H19N5O2/c1-27(2)21(28)16-7-5-14(6-8-16)15-9-11-17(12-10-15)24-20-18-4-3-13-23-19(18)25-22(29)26-20/h3-13H,1-2H3,(H2,23,24,25,26,29). The van der Waals surface area contributed by atoms with E-state index in [1.54, 1.807) is 31.3 Å². The summed E-state index contributed by atoms with van der Waals surface area (Å²) >= 11 is 0. The number of carbonyl (C=O) groups excluding carboxylic acids is 1. The number of carbonyl (C=O) groups is 1. The molecule has 2 heterocycles. The lowest BCUT2D eigenvalue weighted by Gasteiger charge is -2.11. The van der Waals surface area contributed by atoms with Gasteiger partial charge in [0.25, 0.3) is 5.91 Å². The van der Waals surface area contributed by atoms with Crippen molar-refractivity contribution in [2.75, 3.05) is 19.4 Å². The molecule has 0 spiro atoms. The number of aromatic nitrogens is 3. The minimum absolute atomic E-state index is 0.0239. The van der Waals surface area contributed by atoms with E-state index in [-0.39, 0.29) is 5.91 Å². The van der Waals surface area contributed by atoms with Crippen LogP contribution >= 0.6 is 0 Å². The Kier molecular flexibility index (Phi) is 4.78. The minimum Gasteiger partial charge on any atom is -0.345 e. The zero-order valence-electron chi connectivity index (χ0n) is 16.0. The lowest BCUT2D eigenvalue weighted by atomic mass is 10.0. The van der Waals surface area contributed by atoms with Crippen LogP contribution < -0.4 is 11.0 Å². The number of hydrogen-bond acceptors (Lipinski definition) is 5. The number of nitrogens with zero attached hydrogens (tertiary/aromatic N) is 3. The second-order valence-corrected chi connectivity index (χ2v) is 6.77. The second-order valence-electron chi connectivity index (χ2n) is 6.77. The van der Waals surface area contributed by atoms with E-state index in [2.05, 4.69) is 20.3 Å². The summed E-state index contributed by atoms with van der Waals surface area (Å²) in [5, 5.41) is 3.95. The highest BCUT2D eigenvalue weighted by Gasteiger charge is 2.08. The second kappa shape index (κ2) is 7.55. The van der Waals surface area contributed by atoms with E-state index in [0.717, 1.165) is 22.2 Å². The van der Waals surface area contributed by atoms with Crippen LogP contribution in [0.25, 0.3) is 22.2 Å². The van der Waals surface area contributed by atoms with E-state index in [1.807, 2.05) is 54.6 Å². The predicted molar refractivity (Wildman–Crippen MR) is 113 cm³/mol. The molecule has 144 valence electrons. The number of anilines is 2. The molecule has 0 unspecified atom stereocenters. The van der Waals surface area contributed by atoms with Crippen LogP contribution in [0.1, 0.15) is 10.4 Å². The van der Waals surface area contributed by atoms with E-state index in [0.29, 0.717) is 17.0 Å². The number of hydrogen-bond donors (Lipinski definition) is 2. The van der Waals surface area contributed by atoms with Crippen LogP contribution in [0.2, 0.25) is 0 Å². The third kappa shape index (κ3) is 3.84. The summed E-state index contributed by atoms with van der Waals surface area (Å²) < 4.78 is 0. The molecule has 0 bridgehead atoms. The fraction of sp³-hybridized carbons (Fsp3) is 0.0909. The quantitative estimate of drug-likeness (QED) is 0.562. The molecule has 4 aromatic rings. The van der Waals surface area contributed by atoms with E-state index in [1.165, 1.54) is 0 Å². The lowest BCUT2D eigenvalue weighted by Crippen LogP contribution is -2.21. The van der Waals surface area contributed by atoms with Crippen LogP contribution in [0, 0.1) is 0 Å². The van der Waals surface area contributed by atoms with Gasteiger partial charge in [-0.3, -0.25) is 9.78 Å². The molecule has 0 saturated heterocycles. The number of benzene rings is 2. The van der Waals surface area contributed by atoms with Gasteiger partial charge in [-0.25, -0.2) is 9.78 Å². The monoisotopic (exact) mass is 385 g/mol. The van der Waals surface area contributed by atoms with Gasteiger partial charge in [0.05, 0.1) is 5.39 Å². The van der Waals surface area contributed by atoms with Gasteiger partial charge in [0, 0.05) is 31.5 Å². The van der Waals surface area contributed by atoms with Gasteiger partial charge in [0.2, 0.25) is 0 Å². The maximum Gasteiger partial charge on any atom is 0.348 e. The number of pyridine rings is 1. The molecule has 7 nitrogen and oxygen atoms in total. The fourth-order valence-corrected chi connectivity index (χ4v) is 3.03. The highest BCUT2D eigenvalue weighted by atomic mass is 16.2. The number of fused-ring (bicyclic) bond motifs is 1. The van der Waals surface area contributed by atoms with Gasteiger partial charge in [-0.1, -0.05) is 24.3 Å². The maximum absolute atomic E-state index is 12.0. The lowest BCUT2D eigenvalue weighted by molar-refractivity contribution is 0.0827. The summed E-state index contributed by atoms with van der Waals surface area (Å²) in [7, 11) is 3.47. The molecule has 0 fully saturated rings. The zero-order valence-corrected chi connectivity index (χ0v) is 16.0. The van der Waals surface area contributed by atoms with E-state index in [9.17, 15) is 9.59 Å². The maximum atomic E-state index is 12.0. The summed E-state index contributed by atoms with van der Waals surface area (Å²) in [4.78, 5) is 36.1. The summed E-state index contributed by atoms with van der Waals surface area (Å²) in [6.45, 7) is 0. The largest absolute Gasteiger partial charge is 0.348 e. The molecule has 0 atom stereocenters. The fourth-order valence-electron chi connectivity index (χ4n) is 3.03. The number of H-pyrrole nitrogens is 1. The van der Waals surface area contributed by atoms with Crippen molar-refractivity contribution >= 4 is 28.4 Å². The van der Waals surface area contributed by atoms with E-state index >= 15 is 0 Å².